The van der Waals surface area contributed by atoms with Gasteiger partial charge in [0, 0.05) is 23.7 Å². The van der Waals surface area contributed by atoms with Crippen LogP contribution < -0.4 is 19.1 Å². The van der Waals surface area contributed by atoms with Crippen LogP contribution in [0.3, 0.4) is 0 Å². The van der Waals surface area contributed by atoms with Crippen molar-refractivity contribution in [2.24, 2.45) is 0 Å². The first kappa shape index (κ1) is 24.2. The number of ketones is 1. The average molecular weight is 502 g/mol. The van der Waals surface area contributed by atoms with E-state index in [1.165, 1.54) is 17.0 Å². The minimum absolute atomic E-state index is 0.0404. The van der Waals surface area contributed by atoms with Gasteiger partial charge in [-0.25, -0.2) is 0 Å². The van der Waals surface area contributed by atoms with Crippen molar-refractivity contribution in [1.82, 2.24) is 0 Å². The molecule has 1 amide bonds. The Balaban J connectivity index is 1.67. The Morgan fingerprint density at radius 1 is 0.973 bits per heavy atom. The summed E-state index contributed by atoms with van der Waals surface area (Å²) in [5, 5.41) is 21.2. The predicted octanol–water partition coefficient (Wildman–Crippen LogP) is 4.75. The van der Waals surface area contributed by atoms with Crippen LogP contribution in [0.2, 0.25) is 0 Å². The van der Waals surface area contributed by atoms with Crippen LogP contribution in [0.5, 0.6) is 23.0 Å². The van der Waals surface area contributed by atoms with Crippen LogP contribution >= 0.6 is 0 Å². The highest BCUT2D eigenvalue weighted by Gasteiger charge is 2.47. The summed E-state index contributed by atoms with van der Waals surface area (Å²) in [6.45, 7) is 5.07. The number of benzene rings is 3. The molecule has 2 aliphatic heterocycles. The van der Waals surface area contributed by atoms with Crippen molar-refractivity contribution >= 4 is 23.1 Å². The van der Waals surface area contributed by atoms with Crippen molar-refractivity contribution in [3.63, 3.8) is 0 Å². The van der Waals surface area contributed by atoms with Crippen LogP contribution in [-0.4, -0.2) is 41.7 Å². The van der Waals surface area contributed by atoms with E-state index in [0.717, 1.165) is 11.3 Å². The topological polar surface area (TPSA) is 106 Å². The van der Waals surface area contributed by atoms with E-state index < -0.39 is 17.7 Å². The Hall–Kier alpha value is -4.46. The number of phenolic OH excluding ortho intramolecular Hbond substituents is 1. The summed E-state index contributed by atoms with van der Waals surface area (Å²) in [4.78, 5) is 28.2. The molecule has 2 heterocycles. The summed E-state index contributed by atoms with van der Waals surface area (Å²) in [6.07, 6.45) is 0.693. The molecule has 0 saturated carbocycles. The molecule has 8 heteroatoms. The first-order chi connectivity index (χ1) is 17.9. The van der Waals surface area contributed by atoms with E-state index >= 15 is 0 Å². The van der Waals surface area contributed by atoms with E-state index in [2.05, 4.69) is 0 Å². The number of aromatic hydroxyl groups is 1. The van der Waals surface area contributed by atoms with Gasteiger partial charge in [0.1, 0.15) is 17.3 Å². The Morgan fingerprint density at radius 3 is 2.43 bits per heavy atom. The van der Waals surface area contributed by atoms with Crippen LogP contribution in [0, 0.1) is 0 Å². The van der Waals surface area contributed by atoms with Crippen molar-refractivity contribution in [3.8, 4) is 23.0 Å². The summed E-state index contributed by atoms with van der Waals surface area (Å²) < 4.78 is 17.0. The van der Waals surface area contributed by atoms with Crippen molar-refractivity contribution < 1.29 is 34.0 Å². The van der Waals surface area contributed by atoms with E-state index in [-0.39, 0.29) is 17.1 Å². The molecule has 1 unspecified atom stereocenters. The molecule has 2 aliphatic rings. The number of phenols is 1. The Bertz CT molecular complexity index is 1390. The molecule has 190 valence electrons. The molecule has 37 heavy (non-hydrogen) atoms. The number of aliphatic hydroxyl groups excluding tert-OH is 1. The lowest BCUT2D eigenvalue weighted by atomic mass is 9.94. The van der Waals surface area contributed by atoms with Gasteiger partial charge in [-0.2, -0.15) is 0 Å². The maximum Gasteiger partial charge on any atom is 0.300 e. The van der Waals surface area contributed by atoms with Gasteiger partial charge in [-0.3, -0.25) is 14.5 Å². The third-order valence-electron chi connectivity index (χ3n) is 6.42. The normalized spacial score (nSPS) is 18.0. The number of amides is 1. The van der Waals surface area contributed by atoms with Crippen molar-refractivity contribution in [3.05, 3.63) is 82.9 Å². The van der Waals surface area contributed by atoms with Crippen LogP contribution in [0.1, 0.15) is 36.6 Å². The second-order valence-corrected chi connectivity index (χ2v) is 8.68. The number of anilines is 1. The molecule has 1 atom stereocenters. The van der Waals surface area contributed by atoms with Crippen molar-refractivity contribution in [1.29, 1.82) is 0 Å². The largest absolute Gasteiger partial charge is 0.508 e. The third-order valence-corrected chi connectivity index (χ3v) is 6.42. The molecule has 0 aliphatic carbocycles. The monoisotopic (exact) mass is 501 g/mol. The zero-order chi connectivity index (χ0) is 26.1. The molecule has 1 fully saturated rings. The summed E-state index contributed by atoms with van der Waals surface area (Å²) in [7, 11) is 0. The van der Waals surface area contributed by atoms with Crippen LogP contribution in [0.15, 0.2) is 66.2 Å². The lowest BCUT2D eigenvalue weighted by molar-refractivity contribution is -0.132. The second kappa shape index (κ2) is 9.89. The summed E-state index contributed by atoms with van der Waals surface area (Å²) in [5.74, 6) is -0.124. The average Bonchev–Trinajstić information content (AvgIpc) is 3.47. The smallest absolute Gasteiger partial charge is 0.300 e. The number of carbonyl (C=O) groups is 2. The molecule has 2 N–H and O–H groups in total. The maximum atomic E-state index is 13.5. The molecule has 1 saturated heterocycles. The van der Waals surface area contributed by atoms with Crippen LogP contribution in [0.25, 0.3) is 5.76 Å². The van der Waals surface area contributed by atoms with Crippen molar-refractivity contribution in [2.75, 3.05) is 24.7 Å². The second-order valence-electron chi connectivity index (χ2n) is 8.68. The van der Waals surface area contributed by atoms with Gasteiger partial charge < -0.3 is 24.4 Å². The summed E-state index contributed by atoms with van der Waals surface area (Å²) >= 11 is 0. The number of nitrogens with zero attached hydrogens (tertiary/aromatic N) is 1. The zero-order valence-corrected chi connectivity index (χ0v) is 20.6. The molecule has 5 rings (SSSR count). The summed E-state index contributed by atoms with van der Waals surface area (Å²) in [5.41, 5.74) is 2.27. The number of ether oxygens (including phenoxy) is 3. The molecular formula is C29H27NO7. The van der Waals surface area contributed by atoms with Gasteiger partial charge in [0.2, 0.25) is 0 Å². The number of hydrogen-bond acceptors (Lipinski definition) is 7. The Kier molecular flexibility index (Phi) is 6.48. The van der Waals surface area contributed by atoms with Crippen molar-refractivity contribution in [2.45, 2.75) is 26.3 Å². The molecular weight excluding hydrogens is 474 g/mol. The van der Waals surface area contributed by atoms with E-state index in [9.17, 15) is 19.8 Å². The molecule has 0 aromatic heterocycles. The number of fused-ring (bicyclic) bond motifs is 1. The highest BCUT2D eigenvalue weighted by atomic mass is 16.5. The molecule has 3 aromatic rings. The fraction of sp³-hybridized carbons (Fsp3) is 0.241. The zero-order valence-electron chi connectivity index (χ0n) is 20.6. The minimum atomic E-state index is -0.933. The fourth-order valence-corrected chi connectivity index (χ4v) is 4.75. The SMILES string of the molecule is CCOc1ccc(N2C(=O)C(=O)/C(=C(\O)c3ccc4c(c3)CCO4)C2c2ccc(O)cc2)cc1OCC. The maximum absolute atomic E-state index is 13.5. The number of rotatable bonds is 7. The molecule has 0 radical (unpaired) electrons. The Morgan fingerprint density at radius 2 is 1.70 bits per heavy atom. The minimum Gasteiger partial charge on any atom is -0.508 e. The number of aliphatic hydroxyl groups is 1. The van der Waals surface area contributed by atoms with Crippen LogP contribution in [-0.2, 0) is 16.0 Å². The third kappa shape index (κ3) is 4.35. The van der Waals surface area contributed by atoms with E-state index in [4.69, 9.17) is 14.2 Å². The number of hydrogen-bond donors (Lipinski definition) is 2. The van der Waals surface area contributed by atoms with Gasteiger partial charge in [-0.15, -0.1) is 0 Å². The molecule has 0 spiro atoms. The standard InChI is InChI=1S/C29H27NO7/c1-3-35-23-12-8-20(16-24(23)36-4-2)30-26(17-5-9-21(31)10-6-17)25(28(33)29(30)34)27(32)19-7-11-22-18(15-19)13-14-37-22/h5-12,15-16,26,31-32H,3-4,13-14H2,1-2H3/b27-25-. The van der Waals surface area contributed by atoms with Gasteiger partial charge in [0.05, 0.1) is 31.4 Å². The number of carbonyl (C=O) groups excluding carboxylic acids is 2. The number of Topliss-reactive ketones (excluding diaryl/α,β-unsaturated/α-hetero) is 1. The first-order valence-corrected chi connectivity index (χ1v) is 12.2. The quantitative estimate of drug-likeness (QED) is 0.273. The van der Waals surface area contributed by atoms with Gasteiger partial charge in [0.15, 0.2) is 11.5 Å². The molecule has 8 nitrogen and oxygen atoms in total. The highest BCUT2D eigenvalue weighted by Crippen LogP contribution is 2.44. The highest BCUT2D eigenvalue weighted by molar-refractivity contribution is 6.51. The first-order valence-electron chi connectivity index (χ1n) is 12.2. The van der Waals surface area contributed by atoms with Gasteiger partial charge >= 0.3 is 0 Å². The van der Waals surface area contributed by atoms with E-state index in [1.807, 2.05) is 13.8 Å². The molecule has 3 aromatic carbocycles. The lowest BCUT2D eigenvalue weighted by Crippen LogP contribution is -2.29. The van der Waals surface area contributed by atoms with Gasteiger partial charge in [0.25, 0.3) is 11.7 Å². The van der Waals surface area contributed by atoms with E-state index in [0.29, 0.717) is 54.6 Å². The van der Waals surface area contributed by atoms with Crippen LogP contribution in [0.4, 0.5) is 5.69 Å². The van der Waals surface area contributed by atoms with Gasteiger partial charge in [-0.1, -0.05) is 12.1 Å². The summed E-state index contributed by atoms with van der Waals surface area (Å²) in [6, 6.07) is 15.5. The molecule has 0 bridgehead atoms. The van der Waals surface area contributed by atoms with Gasteiger partial charge in [-0.05, 0) is 67.4 Å². The Labute approximate surface area is 214 Å². The van der Waals surface area contributed by atoms with E-state index in [1.54, 1.807) is 48.5 Å². The fourth-order valence-electron chi connectivity index (χ4n) is 4.75. The lowest BCUT2D eigenvalue weighted by Gasteiger charge is -2.26. The predicted molar refractivity (Wildman–Crippen MR) is 137 cm³/mol.